The van der Waals surface area contributed by atoms with Crippen LogP contribution < -0.4 is 5.32 Å². The van der Waals surface area contributed by atoms with Gasteiger partial charge >= 0.3 is 0 Å². The zero-order valence-electron chi connectivity index (χ0n) is 8.47. The number of anilines is 1. The Morgan fingerprint density at radius 2 is 2.19 bits per heavy atom. The molecule has 2 N–H and O–H groups in total. The molecule has 1 aromatic carbocycles. The summed E-state index contributed by atoms with van der Waals surface area (Å²) >= 11 is 0. The van der Waals surface area contributed by atoms with E-state index in [9.17, 15) is 15.2 Å². The van der Waals surface area contributed by atoms with Crippen LogP contribution in [0.15, 0.2) is 24.4 Å². The maximum absolute atomic E-state index is 10.9. The van der Waals surface area contributed by atoms with E-state index in [0.29, 0.717) is 11.1 Å². The van der Waals surface area contributed by atoms with Crippen molar-refractivity contribution in [2.45, 2.75) is 0 Å². The molecule has 1 aromatic heterocycles. The van der Waals surface area contributed by atoms with Crippen LogP contribution in [0.4, 0.5) is 11.4 Å². The fourth-order valence-corrected chi connectivity index (χ4v) is 1.60. The Labute approximate surface area is 90.7 Å². The van der Waals surface area contributed by atoms with Gasteiger partial charge < -0.3 is 10.4 Å². The first-order chi connectivity index (χ1) is 7.65. The topological polar surface area (TPSA) is 88.3 Å². The van der Waals surface area contributed by atoms with Crippen molar-refractivity contribution in [3.63, 3.8) is 0 Å². The lowest BCUT2D eigenvalue weighted by molar-refractivity contribution is -0.383. The van der Waals surface area contributed by atoms with E-state index < -0.39 is 4.92 Å². The SMILES string of the molecule is CNc1ccnc2c(O)ccc([N+](=O)[O-])c12. The van der Waals surface area contributed by atoms with Gasteiger partial charge in [-0.2, -0.15) is 0 Å². The van der Waals surface area contributed by atoms with Crippen molar-refractivity contribution >= 4 is 22.3 Å². The van der Waals surface area contributed by atoms with Crippen molar-refractivity contribution in [3.05, 3.63) is 34.5 Å². The van der Waals surface area contributed by atoms with Crippen LogP contribution in [0.3, 0.4) is 0 Å². The number of nitro benzene ring substituents is 1. The number of rotatable bonds is 2. The van der Waals surface area contributed by atoms with Crippen molar-refractivity contribution in [2.75, 3.05) is 12.4 Å². The quantitative estimate of drug-likeness (QED) is 0.594. The molecular formula is C10H9N3O3. The summed E-state index contributed by atoms with van der Waals surface area (Å²) in [6.07, 6.45) is 1.48. The van der Waals surface area contributed by atoms with Gasteiger partial charge in [0, 0.05) is 19.3 Å². The van der Waals surface area contributed by atoms with E-state index in [4.69, 9.17) is 0 Å². The Balaban J connectivity index is 2.93. The van der Waals surface area contributed by atoms with Crippen LogP contribution in [0.2, 0.25) is 0 Å². The molecule has 6 heteroatoms. The number of hydrogen-bond acceptors (Lipinski definition) is 5. The minimum atomic E-state index is -0.496. The highest BCUT2D eigenvalue weighted by Gasteiger charge is 2.17. The van der Waals surface area contributed by atoms with Gasteiger partial charge in [-0.1, -0.05) is 0 Å². The Morgan fingerprint density at radius 1 is 1.44 bits per heavy atom. The van der Waals surface area contributed by atoms with Gasteiger partial charge in [0.2, 0.25) is 0 Å². The van der Waals surface area contributed by atoms with Gasteiger partial charge in [-0.25, -0.2) is 0 Å². The average Bonchev–Trinajstić information content (AvgIpc) is 2.28. The zero-order valence-corrected chi connectivity index (χ0v) is 8.47. The molecule has 2 aromatic rings. The highest BCUT2D eigenvalue weighted by atomic mass is 16.6. The first-order valence-electron chi connectivity index (χ1n) is 4.58. The van der Waals surface area contributed by atoms with E-state index in [1.54, 1.807) is 13.1 Å². The second-order valence-electron chi connectivity index (χ2n) is 3.19. The third-order valence-corrected chi connectivity index (χ3v) is 2.31. The molecule has 0 amide bonds. The Kier molecular flexibility index (Phi) is 2.32. The lowest BCUT2D eigenvalue weighted by Gasteiger charge is -2.06. The van der Waals surface area contributed by atoms with Crippen molar-refractivity contribution in [3.8, 4) is 5.75 Å². The molecule has 0 atom stereocenters. The summed E-state index contributed by atoms with van der Waals surface area (Å²) in [5, 5.41) is 23.6. The van der Waals surface area contributed by atoms with Crippen LogP contribution in [-0.2, 0) is 0 Å². The summed E-state index contributed by atoms with van der Waals surface area (Å²) in [6, 6.07) is 4.15. The second kappa shape index (κ2) is 3.65. The second-order valence-corrected chi connectivity index (χ2v) is 3.19. The Morgan fingerprint density at radius 3 is 2.81 bits per heavy atom. The maximum atomic E-state index is 10.9. The predicted octanol–water partition coefficient (Wildman–Crippen LogP) is 1.89. The maximum Gasteiger partial charge on any atom is 0.281 e. The lowest BCUT2D eigenvalue weighted by Crippen LogP contribution is -1.96. The van der Waals surface area contributed by atoms with E-state index in [1.165, 1.54) is 18.3 Å². The van der Waals surface area contributed by atoms with E-state index in [1.807, 2.05) is 0 Å². The van der Waals surface area contributed by atoms with Crippen LogP contribution in [0.1, 0.15) is 0 Å². The number of phenolic OH excluding ortho intramolecular Hbond substituents is 1. The van der Waals surface area contributed by atoms with E-state index in [-0.39, 0.29) is 17.0 Å². The summed E-state index contributed by atoms with van der Waals surface area (Å²) in [7, 11) is 1.66. The predicted molar refractivity (Wildman–Crippen MR) is 59.6 cm³/mol. The monoisotopic (exact) mass is 219 g/mol. The van der Waals surface area contributed by atoms with Crippen LogP contribution in [-0.4, -0.2) is 22.1 Å². The average molecular weight is 219 g/mol. The summed E-state index contributed by atoms with van der Waals surface area (Å²) in [6.45, 7) is 0. The van der Waals surface area contributed by atoms with Gasteiger partial charge in [0.15, 0.2) is 0 Å². The lowest BCUT2D eigenvalue weighted by atomic mass is 10.1. The number of nitrogens with zero attached hydrogens (tertiary/aromatic N) is 2. The fraction of sp³-hybridized carbons (Fsp3) is 0.100. The van der Waals surface area contributed by atoms with Crippen LogP contribution in [0.5, 0.6) is 5.75 Å². The van der Waals surface area contributed by atoms with Gasteiger partial charge in [-0.05, 0) is 12.1 Å². The van der Waals surface area contributed by atoms with Crippen LogP contribution in [0, 0.1) is 10.1 Å². The molecule has 1 heterocycles. The van der Waals surface area contributed by atoms with E-state index >= 15 is 0 Å². The highest BCUT2D eigenvalue weighted by Crippen LogP contribution is 2.35. The van der Waals surface area contributed by atoms with Crippen LogP contribution >= 0.6 is 0 Å². The number of phenols is 1. The van der Waals surface area contributed by atoms with Gasteiger partial charge in [0.25, 0.3) is 5.69 Å². The third kappa shape index (κ3) is 1.40. The number of benzene rings is 1. The molecule has 0 bridgehead atoms. The Bertz CT molecular complexity index is 568. The van der Waals surface area contributed by atoms with Crippen molar-refractivity contribution in [1.82, 2.24) is 4.98 Å². The van der Waals surface area contributed by atoms with Crippen molar-refractivity contribution in [2.24, 2.45) is 0 Å². The summed E-state index contributed by atoms with van der Waals surface area (Å²) in [5.74, 6) is -0.0716. The molecular weight excluding hydrogens is 210 g/mol. The molecule has 0 saturated heterocycles. The molecule has 0 saturated carbocycles. The minimum Gasteiger partial charge on any atom is -0.506 e. The summed E-state index contributed by atoms with van der Waals surface area (Å²) in [5.41, 5.74) is 0.707. The smallest absolute Gasteiger partial charge is 0.281 e. The van der Waals surface area contributed by atoms with Gasteiger partial charge in [0.05, 0.1) is 10.6 Å². The van der Waals surface area contributed by atoms with Gasteiger partial charge in [-0.3, -0.25) is 15.1 Å². The standard InChI is InChI=1S/C10H9N3O3/c1-11-6-4-5-12-10-8(14)3-2-7(9(6)10)13(15)16/h2-5,14H,1H3,(H,11,12). The van der Waals surface area contributed by atoms with Gasteiger partial charge in [0.1, 0.15) is 16.7 Å². The highest BCUT2D eigenvalue weighted by molar-refractivity contribution is 6.01. The number of aromatic hydroxyl groups is 1. The van der Waals surface area contributed by atoms with E-state index in [0.717, 1.165) is 0 Å². The van der Waals surface area contributed by atoms with Crippen molar-refractivity contribution in [1.29, 1.82) is 0 Å². The number of non-ortho nitro benzene ring substituents is 1. The first kappa shape index (κ1) is 10.2. The molecule has 0 unspecified atom stereocenters. The molecule has 6 nitrogen and oxygen atoms in total. The fourth-order valence-electron chi connectivity index (χ4n) is 1.60. The summed E-state index contributed by atoms with van der Waals surface area (Å²) < 4.78 is 0. The van der Waals surface area contributed by atoms with Crippen LogP contribution in [0.25, 0.3) is 10.9 Å². The molecule has 0 aliphatic rings. The third-order valence-electron chi connectivity index (χ3n) is 2.31. The Hall–Kier alpha value is -2.37. The summed E-state index contributed by atoms with van der Waals surface area (Å²) in [4.78, 5) is 14.3. The molecule has 0 fully saturated rings. The molecule has 0 spiro atoms. The number of nitro groups is 1. The number of nitrogens with one attached hydrogen (secondary N) is 1. The number of pyridine rings is 1. The number of fused-ring (bicyclic) bond motifs is 1. The molecule has 82 valence electrons. The number of aromatic nitrogens is 1. The molecule has 0 aliphatic carbocycles. The molecule has 0 radical (unpaired) electrons. The first-order valence-corrected chi connectivity index (χ1v) is 4.58. The molecule has 2 rings (SSSR count). The zero-order chi connectivity index (χ0) is 11.7. The number of hydrogen-bond donors (Lipinski definition) is 2. The van der Waals surface area contributed by atoms with Crippen molar-refractivity contribution < 1.29 is 10.0 Å². The largest absolute Gasteiger partial charge is 0.506 e. The molecule has 0 aliphatic heterocycles. The van der Waals surface area contributed by atoms with E-state index in [2.05, 4.69) is 10.3 Å². The van der Waals surface area contributed by atoms with Gasteiger partial charge in [-0.15, -0.1) is 0 Å². The minimum absolute atomic E-state index is 0.0716. The molecule has 16 heavy (non-hydrogen) atoms. The normalized spacial score (nSPS) is 10.3.